The Kier molecular flexibility index (Phi) is 4.34. The van der Waals surface area contributed by atoms with Gasteiger partial charge >= 0.3 is 6.09 Å². The maximum absolute atomic E-state index is 10.3. The molecule has 15 heavy (non-hydrogen) atoms. The molecule has 0 saturated heterocycles. The van der Waals surface area contributed by atoms with Crippen LogP contribution in [0.15, 0.2) is 30.6 Å². The zero-order valence-corrected chi connectivity index (χ0v) is 8.55. The second-order valence-corrected chi connectivity index (χ2v) is 3.27. The number of rotatable bonds is 4. The van der Waals surface area contributed by atoms with Gasteiger partial charge in [-0.2, -0.15) is 0 Å². The highest BCUT2D eigenvalue weighted by atomic mass is 16.4. The summed E-state index contributed by atoms with van der Waals surface area (Å²) in [7, 11) is 0. The molecule has 2 N–H and O–H groups in total. The minimum atomic E-state index is -0.989. The summed E-state index contributed by atoms with van der Waals surface area (Å²) >= 11 is 0. The third kappa shape index (κ3) is 4.81. The van der Waals surface area contributed by atoms with Crippen LogP contribution in [0.5, 0.6) is 0 Å². The average molecular weight is 206 g/mol. The number of hydrogen-bond donors (Lipinski definition) is 2. The zero-order chi connectivity index (χ0) is 11.1. The number of aromatic nitrogens is 1. The van der Waals surface area contributed by atoms with Crippen molar-refractivity contribution in [3.63, 3.8) is 0 Å². The minimum Gasteiger partial charge on any atom is -0.465 e. The van der Waals surface area contributed by atoms with E-state index in [1.165, 1.54) is 0 Å². The maximum Gasteiger partial charge on any atom is 0.404 e. The lowest BCUT2D eigenvalue weighted by molar-refractivity contribution is 0.191. The van der Waals surface area contributed by atoms with Crippen LogP contribution >= 0.6 is 0 Å². The molecule has 4 heteroatoms. The lowest BCUT2D eigenvalue weighted by atomic mass is 10.2. The molecule has 80 valence electrons. The molecule has 0 fully saturated rings. The second kappa shape index (κ2) is 5.80. The van der Waals surface area contributed by atoms with Crippen LogP contribution in [0.4, 0.5) is 4.79 Å². The van der Waals surface area contributed by atoms with Gasteiger partial charge in [0.15, 0.2) is 0 Å². The molecule has 1 rings (SSSR count). The first-order valence-electron chi connectivity index (χ1n) is 4.74. The van der Waals surface area contributed by atoms with Crippen LogP contribution < -0.4 is 5.32 Å². The van der Waals surface area contributed by atoms with Crippen LogP contribution in [-0.4, -0.2) is 22.2 Å². The largest absolute Gasteiger partial charge is 0.465 e. The predicted octanol–water partition coefficient (Wildman–Crippen LogP) is 2.14. The normalized spacial score (nSPS) is 12.6. The quantitative estimate of drug-likeness (QED) is 0.793. The summed E-state index contributed by atoms with van der Waals surface area (Å²) in [6.45, 7) is 1.82. The zero-order valence-electron chi connectivity index (χ0n) is 8.55. The van der Waals surface area contributed by atoms with Gasteiger partial charge in [-0.1, -0.05) is 18.2 Å². The Bertz CT molecular complexity index is 336. The van der Waals surface area contributed by atoms with E-state index < -0.39 is 6.09 Å². The summed E-state index contributed by atoms with van der Waals surface area (Å²) in [5.74, 6) is 0. The van der Waals surface area contributed by atoms with Crippen molar-refractivity contribution in [1.29, 1.82) is 0 Å². The van der Waals surface area contributed by atoms with Crippen molar-refractivity contribution in [3.8, 4) is 0 Å². The van der Waals surface area contributed by atoms with E-state index >= 15 is 0 Å². The van der Waals surface area contributed by atoms with Crippen LogP contribution in [0.3, 0.4) is 0 Å². The molecule has 0 radical (unpaired) electrons. The van der Waals surface area contributed by atoms with Crippen LogP contribution in [-0.2, 0) is 0 Å². The summed E-state index contributed by atoms with van der Waals surface area (Å²) in [4.78, 5) is 14.3. The molecule has 1 heterocycles. The number of amides is 1. The smallest absolute Gasteiger partial charge is 0.404 e. The van der Waals surface area contributed by atoms with Crippen molar-refractivity contribution in [2.75, 3.05) is 0 Å². The van der Waals surface area contributed by atoms with Gasteiger partial charge in [0.05, 0.1) is 0 Å². The van der Waals surface area contributed by atoms with Crippen LogP contribution in [0.1, 0.15) is 18.9 Å². The Hall–Kier alpha value is -1.84. The van der Waals surface area contributed by atoms with Crippen LogP contribution in [0.2, 0.25) is 0 Å². The fraction of sp³-hybridized carbons (Fsp3) is 0.273. The van der Waals surface area contributed by atoms with Gasteiger partial charge in [0.25, 0.3) is 0 Å². The summed E-state index contributed by atoms with van der Waals surface area (Å²) < 4.78 is 0. The average Bonchev–Trinajstić information content (AvgIpc) is 2.18. The van der Waals surface area contributed by atoms with Gasteiger partial charge in [0.2, 0.25) is 0 Å². The standard InChI is InChI=1S/C11H14N2O2/c1-9(13-11(14)15)4-2-5-10-6-3-7-12-8-10/h2-3,5-9,13H,4H2,1H3,(H,14,15)/b5-2+/t9-/m0/s1. The van der Waals surface area contributed by atoms with E-state index in [0.717, 1.165) is 5.56 Å². The molecule has 0 bridgehead atoms. The van der Waals surface area contributed by atoms with Gasteiger partial charge in [-0.3, -0.25) is 4.98 Å². The van der Waals surface area contributed by atoms with E-state index in [4.69, 9.17) is 5.11 Å². The van der Waals surface area contributed by atoms with E-state index in [9.17, 15) is 4.79 Å². The Morgan fingerprint density at radius 1 is 1.73 bits per heavy atom. The molecule has 0 aliphatic rings. The first-order chi connectivity index (χ1) is 7.18. The minimum absolute atomic E-state index is 0.0737. The Balaban J connectivity index is 2.37. The fourth-order valence-corrected chi connectivity index (χ4v) is 1.15. The molecule has 4 nitrogen and oxygen atoms in total. The van der Waals surface area contributed by atoms with Gasteiger partial charge in [-0.15, -0.1) is 0 Å². The molecule has 0 saturated carbocycles. The van der Waals surface area contributed by atoms with E-state index in [0.29, 0.717) is 6.42 Å². The molecule has 1 aromatic heterocycles. The number of carbonyl (C=O) groups is 1. The Morgan fingerprint density at radius 2 is 2.53 bits per heavy atom. The topological polar surface area (TPSA) is 62.2 Å². The fourth-order valence-electron chi connectivity index (χ4n) is 1.15. The highest BCUT2D eigenvalue weighted by Gasteiger charge is 2.01. The van der Waals surface area contributed by atoms with Gasteiger partial charge in [-0.05, 0) is 25.0 Å². The molecule has 1 atom stereocenters. The second-order valence-electron chi connectivity index (χ2n) is 3.27. The van der Waals surface area contributed by atoms with Gasteiger partial charge in [0, 0.05) is 18.4 Å². The molecule has 0 aromatic carbocycles. The van der Waals surface area contributed by atoms with Crippen molar-refractivity contribution in [3.05, 3.63) is 36.2 Å². The van der Waals surface area contributed by atoms with E-state index in [1.807, 2.05) is 31.2 Å². The summed E-state index contributed by atoms with van der Waals surface area (Å²) in [5, 5.41) is 10.8. The molecule has 0 aliphatic heterocycles. The number of pyridine rings is 1. The van der Waals surface area contributed by atoms with Crippen molar-refractivity contribution in [2.45, 2.75) is 19.4 Å². The van der Waals surface area contributed by atoms with Crippen LogP contribution in [0, 0.1) is 0 Å². The number of hydrogen-bond acceptors (Lipinski definition) is 2. The molecule has 0 unspecified atom stereocenters. The molecule has 1 amide bonds. The molecule has 0 aliphatic carbocycles. The van der Waals surface area contributed by atoms with Crippen molar-refractivity contribution < 1.29 is 9.90 Å². The summed E-state index contributed by atoms with van der Waals surface area (Å²) in [6, 6.07) is 3.73. The first-order valence-corrected chi connectivity index (χ1v) is 4.74. The van der Waals surface area contributed by atoms with Crippen molar-refractivity contribution in [1.82, 2.24) is 10.3 Å². The molecule has 1 aromatic rings. The Morgan fingerprint density at radius 3 is 3.13 bits per heavy atom. The van der Waals surface area contributed by atoms with Crippen molar-refractivity contribution >= 4 is 12.2 Å². The van der Waals surface area contributed by atoms with Crippen molar-refractivity contribution in [2.24, 2.45) is 0 Å². The van der Waals surface area contributed by atoms with Gasteiger partial charge in [0.1, 0.15) is 0 Å². The summed E-state index contributed by atoms with van der Waals surface area (Å²) in [6.07, 6.45) is 7.00. The lowest BCUT2D eigenvalue weighted by Crippen LogP contribution is -2.30. The number of nitrogens with one attached hydrogen (secondary N) is 1. The van der Waals surface area contributed by atoms with E-state index in [-0.39, 0.29) is 6.04 Å². The SMILES string of the molecule is C[C@@H](C/C=C/c1cccnc1)NC(=O)O. The van der Waals surface area contributed by atoms with Gasteiger partial charge in [-0.25, -0.2) is 4.79 Å². The van der Waals surface area contributed by atoms with Gasteiger partial charge < -0.3 is 10.4 Å². The lowest BCUT2D eigenvalue weighted by Gasteiger charge is -2.07. The molecule has 0 spiro atoms. The monoisotopic (exact) mass is 206 g/mol. The third-order valence-electron chi connectivity index (χ3n) is 1.85. The summed E-state index contributed by atoms with van der Waals surface area (Å²) in [5.41, 5.74) is 1.01. The maximum atomic E-state index is 10.3. The highest BCUT2D eigenvalue weighted by Crippen LogP contribution is 2.01. The van der Waals surface area contributed by atoms with Crippen LogP contribution in [0.25, 0.3) is 6.08 Å². The number of carboxylic acid groups (broad SMARTS) is 1. The molecular weight excluding hydrogens is 192 g/mol. The molecular formula is C11H14N2O2. The van der Waals surface area contributed by atoms with E-state index in [1.54, 1.807) is 12.4 Å². The predicted molar refractivity (Wildman–Crippen MR) is 58.5 cm³/mol. The van der Waals surface area contributed by atoms with E-state index in [2.05, 4.69) is 10.3 Å². The Labute approximate surface area is 88.7 Å². The first kappa shape index (κ1) is 11.2. The number of nitrogens with zero attached hydrogens (tertiary/aromatic N) is 1. The third-order valence-corrected chi connectivity index (χ3v) is 1.85. The highest BCUT2D eigenvalue weighted by molar-refractivity contribution is 5.64.